The Labute approximate surface area is 265 Å². The number of methoxy groups -OCH3 is 1. The molecular weight excluding hydrogens is 628 g/mol. The first-order valence-electron chi connectivity index (χ1n) is 14.0. The van der Waals surface area contributed by atoms with Crippen LogP contribution < -0.4 is 20.9 Å². The van der Waals surface area contributed by atoms with E-state index >= 15 is 0 Å². The number of halogens is 4. The molecule has 47 heavy (non-hydrogen) atoms. The van der Waals surface area contributed by atoms with Gasteiger partial charge in [-0.15, -0.1) is 0 Å². The number of likely N-dealkylation sites (N-methyl/N-ethyl adjacent to an activating group) is 1. The molecule has 0 aliphatic rings. The van der Waals surface area contributed by atoms with Crippen molar-refractivity contribution in [3.63, 3.8) is 0 Å². The molecular formula is C31H30F4N6O6. The Kier molecular flexibility index (Phi) is 11.0. The van der Waals surface area contributed by atoms with Gasteiger partial charge in [-0.1, -0.05) is 6.08 Å². The van der Waals surface area contributed by atoms with E-state index < -0.39 is 59.2 Å². The Hall–Kier alpha value is -5.67. The second-order valence-corrected chi connectivity index (χ2v) is 10.3. The van der Waals surface area contributed by atoms with Gasteiger partial charge < -0.3 is 34.6 Å². The molecule has 2 aromatic heterocycles. The van der Waals surface area contributed by atoms with Crippen LogP contribution in [0.25, 0.3) is 11.0 Å². The Morgan fingerprint density at radius 2 is 1.87 bits per heavy atom. The fraction of sp³-hybridized carbons (Fsp3) is 0.258. The Balaban J connectivity index is 1.52. The number of hydrogen-bond acceptors (Lipinski definition) is 7. The number of nitrogens with one attached hydrogen (secondary N) is 3. The normalized spacial score (nSPS) is 11.8. The van der Waals surface area contributed by atoms with Crippen LogP contribution in [0.2, 0.25) is 0 Å². The number of anilines is 1. The standard InChI is InChI=1S/C31H30F4N6O6/c1-40(2)25(42)9-5-4-7-21(38-31(45)46-3)29(43)37-22-8-6-12-41(30(22)44)15-24-36-23-14-20(34)26(35)28(27(23)39-24)47-16-17-10-11-18(32)13-19(17)33/h5-6,8-14,21H,4,7,15-16H2,1-3H3,(H,36,39)(H,37,43)(H,38,45). The average molecular weight is 659 g/mol. The van der Waals surface area contributed by atoms with E-state index in [1.54, 1.807) is 20.2 Å². The van der Waals surface area contributed by atoms with Crippen molar-refractivity contribution in [2.75, 3.05) is 26.5 Å². The van der Waals surface area contributed by atoms with Crippen LogP contribution in [0.15, 0.2) is 59.5 Å². The molecule has 0 fully saturated rings. The van der Waals surface area contributed by atoms with Gasteiger partial charge in [0.15, 0.2) is 11.6 Å². The van der Waals surface area contributed by atoms with E-state index in [1.807, 2.05) is 0 Å². The molecule has 2 aromatic carbocycles. The summed E-state index contributed by atoms with van der Waals surface area (Å²) < 4.78 is 67.6. The van der Waals surface area contributed by atoms with Crippen molar-refractivity contribution in [3.8, 4) is 5.75 Å². The van der Waals surface area contributed by atoms with Gasteiger partial charge in [0, 0.05) is 38.0 Å². The first-order chi connectivity index (χ1) is 22.4. The molecule has 0 saturated carbocycles. The number of imidazole rings is 1. The lowest BCUT2D eigenvalue weighted by Crippen LogP contribution is -2.44. The predicted molar refractivity (Wildman–Crippen MR) is 162 cm³/mol. The largest absolute Gasteiger partial charge is 0.483 e. The highest BCUT2D eigenvalue weighted by Gasteiger charge is 2.23. The summed E-state index contributed by atoms with van der Waals surface area (Å²) in [4.78, 5) is 58.3. The van der Waals surface area contributed by atoms with E-state index in [9.17, 15) is 36.7 Å². The van der Waals surface area contributed by atoms with Crippen LogP contribution in [0.4, 0.5) is 28.0 Å². The zero-order chi connectivity index (χ0) is 34.2. The van der Waals surface area contributed by atoms with Crippen molar-refractivity contribution in [2.24, 2.45) is 0 Å². The number of rotatable bonds is 12. The summed E-state index contributed by atoms with van der Waals surface area (Å²) in [5.41, 5.74) is -1.05. The van der Waals surface area contributed by atoms with Crippen molar-refractivity contribution in [2.45, 2.75) is 32.0 Å². The molecule has 0 radical (unpaired) electrons. The lowest BCUT2D eigenvalue weighted by molar-refractivity contribution is -0.123. The zero-order valence-corrected chi connectivity index (χ0v) is 25.4. The number of benzene rings is 2. The number of fused-ring (bicyclic) bond motifs is 1. The molecule has 1 unspecified atom stereocenters. The Bertz CT molecular complexity index is 1890. The van der Waals surface area contributed by atoms with E-state index in [0.717, 1.165) is 29.9 Å². The van der Waals surface area contributed by atoms with Gasteiger partial charge in [0.25, 0.3) is 5.56 Å². The minimum absolute atomic E-state index is 0.0518. The van der Waals surface area contributed by atoms with Gasteiger partial charge in [-0.25, -0.2) is 22.9 Å². The molecule has 3 amide bonds. The number of alkyl carbamates (subject to hydrolysis) is 1. The molecule has 0 aliphatic heterocycles. The summed E-state index contributed by atoms with van der Waals surface area (Å²) in [6.07, 6.45) is 3.68. The van der Waals surface area contributed by atoms with Crippen molar-refractivity contribution in [1.29, 1.82) is 0 Å². The summed E-state index contributed by atoms with van der Waals surface area (Å²) in [6.45, 7) is -0.783. The Morgan fingerprint density at radius 1 is 1.11 bits per heavy atom. The van der Waals surface area contributed by atoms with Crippen LogP contribution in [0.5, 0.6) is 5.75 Å². The maximum absolute atomic E-state index is 14.8. The number of H-pyrrole nitrogens is 1. The molecule has 248 valence electrons. The molecule has 0 aliphatic carbocycles. The number of aromatic nitrogens is 3. The Morgan fingerprint density at radius 3 is 2.57 bits per heavy atom. The summed E-state index contributed by atoms with van der Waals surface area (Å²) in [7, 11) is 4.28. The number of nitrogens with zero attached hydrogens (tertiary/aromatic N) is 3. The SMILES string of the molecule is COC(=O)NC(CCC=CC(=O)N(C)C)C(=O)Nc1cccn(Cc2nc3cc(F)c(F)c(OCc4ccc(F)cc4F)c3[nH]2)c1=O. The van der Waals surface area contributed by atoms with Crippen molar-refractivity contribution in [3.05, 3.63) is 99.8 Å². The molecule has 0 spiro atoms. The fourth-order valence-electron chi connectivity index (χ4n) is 4.32. The van der Waals surface area contributed by atoms with Gasteiger partial charge in [-0.2, -0.15) is 4.39 Å². The molecule has 4 rings (SSSR count). The number of aromatic amines is 1. The molecule has 12 nitrogen and oxygen atoms in total. The number of amides is 3. The first-order valence-corrected chi connectivity index (χ1v) is 14.0. The quantitative estimate of drug-likeness (QED) is 0.154. The van der Waals surface area contributed by atoms with Gasteiger partial charge in [0.2, 0.25) is 17.6 Å². The summed E-state index contributed by atoms with van der Waals surface area (Å²) in [6, 6.07) is 5.21. The van der Waals surface area contributed by atoms with E-state index in [1.165, 1.54) is 29.3 Å². The number of allylic oxidation sites excluding steroid dienone is 1. The third-order valence-electron chi connectivity index (χ3n) is 6.78. The van der Waals surface area contributed by atoms with Crippen LogP contribution >= 0.6 is 0 Å². The maximum Gasteiger partial charge on any atom is 0.407 e. The number of pyridine rings is 1. The third kappa shape index (κ3) is 8.53. The molecule has 2 heterocycles. The van der Waals surface area contributed by atoms with Gasteiger partial charge in [0.1, 0.15) is 41.3 Å². The van der Waals surface area contributed by atoms with E-state index in [-0.39, 0.29) is 53.4 Å². The van der Waals surface area contributed by atoms with Crippen LogP contribution in [0, 0.1) is 23.3 Å². The summed E-state index contributed by atoms with van der Waals surface area (Å²) in [5.74, 6) is -5.92. The van der Waals surface area contributed by atoms with Gasteiger partial charge >= 0.3 is 6.09 Å². The molecule has 3 N–H and O–H groups in total. The van der Waals surface area contributed by atoms with Crippen LogP contribution in [-0.2, 0) is 27.5 Å². The van der Waals surface area contributed by atoms with E-state index in [2.05, 4.69) is 25.3 Å². The highest BCUT2D eigenvalue weighted by Crippen LogP contribution is 2.31. The number of hydrogen-bond donors (Lipinski definition) is 3. The van der Waals surface area contributed by atoms with Gasteiger partial charge in [-0.05, 0) is 43.2 Å². The first kappa shape index (κ1) is 34.2. The van der Waals surface area contributed by atoms with Crippen LogP contribution in [0.3, 0.4) is 0 Å². The monoisotopic (exact) mass is 658 g/mol. The molecule has 0 saturated heterocycles. The molecule has 16 heteroatoms. The number of ether oxygens (including phenoxy) is 2. The predicted octanol–water partition coefficient (Wildman–Crippen LogP) is 4.00. The minimum Gasteiger partial charge on any atom is -0.483 e. The average Bonchev–Trinajstić information content (AvgIpc) is 3.42. The zero-order valence-electron chi connectivity index (χ0n) is 25.4. The molecule has 4 aromatic rings. The third-order valence-corrected chi connectivity index (χ3v) is 6.78. The minimum atomic E-state index is -1.37. The lowest BCUT2D eigenvalue weighted by Gasteiger charge is -2.17. The number of carbonyl (C=O) groups excluding carboxylic acids is 3. The highest BCUT2D eigenvalue weighted by atomic mass is 19.2. The second kappa shape index (κ2) is 15.1. The highest BCUT2D eigenvalue weighted by molar-refractivity contribution is 5.96. The summed E-state index contributed by atoms with van der Waals surface area (Å²) in [5, 5.41) is 4.87. The van der Waals surface area contributed by atoms with Crippen molar-refractivity contribution < 1.29 is 41.4 Å². The van der Waals surface area contributed by atoms with E-state index in [4.69, 9.17) is 4.74 Å². The van der Waals surface area contributed by atoms with Crippen molar-refractivity contribution in [1.82, 2.24) is 24.8 Å². The van der Waals surface area contributed by atoms with E-state index in [0.29, 0.717) is 6.07 Å². The molecule has 1 atom stereocenters. The molecule has 0 bridgehead atoms. The second-order valence-electron chi connectivity index (χ2n) is 10.3. The summed E-state index contributed by atoms with van der Waals surface area (Å²) >= 11 is 0. The fourth-order valence-corrected chi connectivity index (χ4v) is 4.32. The van der Waals surface area contributed by atoms with Crippen LogP contribution in [-0.4, -0.2) is 64.6 Å². The van der Waals surface area contributed by atoms with Crippen LogP contribution in [0.1, 0.15) is 24.2 Å². The number of carbonyl (C=O) groups is 3. The topological polar surface area (TPSA) is 148 Å². The maximum atomic E-state index is 14.8. The smallest absolute Gasteiger partial charge is 0.407 e. The van der Waals surface area contributed by atoms with Gasteiger partial charge in [0.05, 0.1) is 19.2 Å². The van der Waals surface area contributed by atoms with Gasteiger partial charge in [-0.3, -0.25) is 14.4 Å². The van der Waals surface area contributed by atoms with Crippen molar-refractivity contribution >= 4 is 34.6 Å². The lowest BCUT2D eigenvalue weighted by atomic mass is 10.1.